The number of carbonyl (C=O) groups is 1. The van der Waals surface area contributed by atoms with Crippen LogP contribution in [0.1, 0.15) is 72.6 Å². The highest BCUT2D eigenvalue weighted by atomic mass is 16.5. The van der Waals surface area contributed by atoms with E-state index in [4.69, 9.17) is 4.74 Å². The van der Waals surface area contributed by atoms with Gasteiger partial charge in [-0.25, -0.2) is 4.79 Å². The van der Waals surface area contributed by atoms with Gasteiger partial charge in [0.2, 0.25) is 0 Å². The van der Waals surface area contributed by atoms with Crippen molar-refractivity contribution in [3.8, 4) is 0 Å². The van der Waals surface area contributed by atoms with Crippen molar-refractivity contribution in [2.75, 3.05) is 13.2 Å². The van der Waals surface area contributed by atoms with Gasteiger partial charge in [-0.2, -0.15) is 0 Å². The third-order valence-electron chi connectivity index (χ3n) is 7.47. The zero-order chi connectivity index (χ0) is 20.4. The fraction of sp³-hybridized carbons (Fsp3) is 0.640. The van der Waals surface area contributed by atoms with Crippen LogP contribution in [0, 0.1) is 16.7 Å². The molecule has 2 atom stereocenters. The van der Waals surface area contributed by atoms with Gasteiger partial charge in [0, 0.05) is 6.08 Å². The fourth-order valence-corrected chi connectivity index (χ4v) is 5.98. The average molecular weight is 385 g/mol. The van der Waals surface area contributed by atoms with E-state index in [0.29, 0.717) is 17.4 Å². The second-order valence-corrected chi connectivity index (χ2v) is 9.78. The lowest BCUT2D eigenvalue weighted by Gasteiger charge is -2.55. The van der Waals surface area contributed by atoms with Crippen molar-refractivity contribution in [1.29, 1.82) is 0 Å². The molecule has 0 aromatic carbocycles. The minimum absolute atomic E-state index is 0.0801. The minimum Gasteiger partial charge on any atom is -0.458 e. The SMILES string of the molecule is CC1=C(CC/C(=C\C=C/C2=CC(=O)OC2)CO)[C@@]2(C)CCCC(C)(C)[C@@H]2CC1. The largest absolute Gasteiger partial charge is 0.458 e. The Balaban J connectivity index is 1.70. The second-order valence-electron chi connectivity index (χ2n) is 9.78. The molecule has 0 saturated heterocycles. The Kier molecular flexibility index (Phi) is 6.34. The number of aliphatic hydroxyl groups is 1. The molecule has 0 aromatic rings. The first kappa shape index (κ1) is 21.1. The van der Waals surface area contributed by atoms with Crippen molar-refractivity contribution >= 4 is 5.97 Å². The molecule has 1 heterocycles. The van der Waals surface area contributed by atoms with Crippen molar-refractivity contribution in [3.05, 3.63) is 46.6 Å². The lowest BCUT2D eigenvalue weighted by Crippen LogP contribution is -2.45. The van der Waals surface area contributed by atoms with Gasteiger partial charge in [0.05, 0.1) is 6.61 Å². The molecule has 0 amide bonds. The van der Waals surface area contributed by atoms with Crippen molar-refractivity contribution in [1.82, 2.24) is 0 Å². The van der Waals surface area contributed by atoms with Gasteiger partial charge < -0.3 is 9.84 Å². The van der Waals surface area contributed by atoms with Gasteiger partial charge in [-0.1, -0.05) is 56.6 Å². The van der Waals surface area contributed by atoms with Crippen molar-refractivity contribution in [2.45, 2.75) is 72.6 Å². The summed E-state index contributed by atoms with van der Waals surface area (Å²) >= 11 is 0. The van der Waals surface area contributed by atoms with Crippen LogP contribution in [-0.4, -0.2) is 24.3 Å². The molecule has 28 heavy (non-hydrogen) atoms. The Morgan fingerprint density at radius 3 is 2.79 bits per heavy atom. The number of carbonyl (C=O) groups excluding carboxylic acids is 1. The molecule has 1 fully saturated rings. The average Bonchev–Trinajstić information content (AvgIpc) is 3.04. The van der Waals surface area contributed by atoms with E-state index in [0.717, 1.165) is 29.9 Å². The molecule has 0 aromatic heterocycles. The van der Waals surface area contributed by atoms with E-state index < -0.39 is 0 Å². The van der Waals surface area contributed by atoms with E-state index in [1.807, 2.05) is 18.2 Å². The van der Waals surface area contributed by atoms with Crippen LogP contribution in [0.4, 0.5) is 0 Å². The van der Waals surface area contributed by atoms with E-state index >= 15 is 0 Å². The molecule has 1 saturated carbocycles. The number of allylic oxidation sites excluding steroid dienone is 4. The van der Waals surface area contributed by atoms with Gasteiger partial charge in [-0.05, 0) is 73.3 Å². The highest BCUT2D eigenvalue weighted by Gasteiger charge is 2.49. The summed E-state index contributed by atoms with van der Waals surface area (Å²) in [4.78, 5) is 11.1. The number of rotatable bonds is 6. The Labute approximate surface area is 170 Å². The number of esters is 1. The second kappa shape index (κ2) is 8.41. The van der Waals surface area contributed by atoms with Crippen molar-refractivity contribution < 1.29 is 14.6 Å². The summed E-state index contributed by atoms with van der Waals surface area (Å²) in [5.74, 6) is 0.490. The van der Waals surface area contributed by atoms with Crippen LogP contribution in [0.5, 0.6) is 0 Å². The van der Waals surface area contributed by atoms with Crippen LogP contribution >= 0.6 is 0 Å². The van der Waals surface area contributed by atoms with E-state index in [-0.39, 0.29) is 12.6 Å². The summed E-state index contributed by atoms with van der Waals surface area (Å²) in [5, 5.41) is 9.82. The molecule has 0 unspecified atom stereocenters. The molecule has 1 N–H and O–H groups in total. The standard InChI is InChI=1S/C25H36O3/c1-18-9-12-22-24(2,3)13-6-14-25(22,4)21(18)11-10-19(16-26)7-5-8-20-15-23(27)28-17-20/h5,7-8,15,22,26H,6,9-14,16-17H2,1-4H3/b8-5-,19-7+/t22-,25+/m0/s1. The van der Waals surface area contributed by atoms with Crippen LogP contribution < -0.4 is 0 Å². The molecule has 3 nitrogen and oxygen atoms in total. The number of cyclic esters (lactones) is 1. The van der Waals surface area contributed by atoms with Crippen molar-refractivity contribution in [2.24, 2.45) is 16.7 Å². The number of fused-ring (bicyclic) bond motifs is 1. The first-order valence-electron chi connectivity index (χ1n) is 10.8. The maximum absolute atomic E-state index is 11.1. The topological polar surface area (TPSA) is 46.5 Å². The predicted molar refractivity (Wildman–Crippen MR) is 114 cm³/mol. The highest BCUT2D eigenvalue weighted by Crippen LogP contribution is 2.60. The summed E-state index contributed by atoms with van der Waals surface area (Å²) < 4.78 is 4.91. The maximum atomic E-state index is 11.1. The van der Waals surface area contributed by atoms with Crippen LogP contribution in [-0.2, 0) is 9.53 Å². The molecule has 3 heteroatoms. The smallest absolute Gasteiger partial charge is 0.331 e. The lowest BCUT2D eigenvalue weighted by molar-refractivity contribution is -0.134. The minimum atomic E-state index is -0.274. The quantitative estimate of drug-likeness (QED) is 0.365. The van der Waals surface area contributed by atoms with Gasteiger partial charge in [-0.3, -0.25) is 0 Å². The van der Waals surface area contributed by atoms with Crippen LogP contribution in [0.15, 0.2) is 46.6 Å². The summed E-state index contributed by atoms with van der Waals surface area (Å²) in [6.45, 7) is 10.2. The van der Waals surface area contributed by atoms with Gasteiger partial charge in [-0.15, -0.1) is 0 Å². The molecule has 3 rings (SSSR count). The van der Waals surface area contributed by atoms with Gasteiger partial charge >= 0.3 is 5.97 Å². The zero-order valence-electron chi connectivity index (χ0n) is 18.0. The Morgan fingerprint density at radius 2 is 2.11 bits per heavy atom. The van der Waals surface area contributed by atoms with Crippen LogP contribution in [0.25, 0.3) is 0 Å². The first-order valence-corrected chi connectivity index (χ1v) is 10.8. The third kappa shape index (κ3) is 4.35. The summed E-state index contributed by atoms with van der Waals surface area (Å²) in [6, 6.07) is 0. The predicted octanol–water partition coefficient (Wildman–Crippen LogP) is 5.67. The number of hydrogen-bond donors (Lipinski definition) is 1. The van der Waals surface area contributed by atoms with Gasteiger partial charge in [0.1, 0.15) is 6.61 Å². The normalized spacial score (nSPS) is 30.5. The monoisotopic (exact) mass is 384 g/mol. The molecule has 2 aliphatic carbocycles. The molecule has 0 radical (unpaired) electrons. The van der Waals surface area contributed by atoms with Crippen molar-refractivity contribution in [3.63, 3.8) is 0 Å². The van der Waals surface area contributed by atoms with E-state index in [1.54, 1.807) is 11.1 Å². The lowest BCUT2D eigenvalue weighted by atomic mass is 9.50. The summed E-state index contributed by atoms with van der Waals surface area (Å²) in [6.07, 6.45) is 15.8. The van der Waals surface area contributed by atoms with Gasteiger partial charge in [0.15, 0.2) is 0 Å². The molecular weight excluding hydrogens is 348 g/mol. The third-order valence-corrected chi connectivity index (χ3v) is 7.47. The van der Waals surface area contributed by atoms with E-state index in [2.05, 4.69) is 27.7 Å². The van der Waals surface area contributed by atoms with Gasteiger partial charge in [0.25, 0.3) is 0 Å². The maximum Gasteiger partial charge on any atom is 0.331 e. The number of ether oxygens (including phenoxy) is 1. The zero-order valence-corrected chi connectivity index (χ0v) is 18.0. The Hall–Kier alpha value is -1.61. The van der Waals surface area contributed by atoms with Crippen LogP contribution in [0.3, 0.4) is 0 Å². The molecule has 0 bridgehead atoms. The Bertz CT molecular complexity index is 735. The first-order chi connectivity index (χ1) is 13.3. The molecule has 1 aliphatic heterocycles. The Morgan fingerprint density at radius 1 is 1.32 bits per heavy atom. The van der Waals surface area contributed by atoms with E-state index in [9.17, 15) is 9.90 Å². The fourth-order valence-electron chi connectivity index (χ4n) is 5.98. The molecule has 154 valence electrons. The summed E-state index contributed by atoms with van der Waals surface area (Å²) in [5.41, 5.74) is 5.89. The molecular formula is C25H36O3. The highest BCUT2D eigenvalue weighted by molar-refractivity contribution is 5.86. The number of hydrogen-bond acceptors (Lipinski definition) is 3. The number of aliphatic hydroxyl groups excluding tert-OH is 1. The molecule has 0 spiro atoms. The van der Waals surface area contributed by atoms with Crippen LogP contribution in [0.2, 0.25) is 0 Å². The molecule has 3 aliphatic rings. The summed E-state index contributed by atoms with van der Waals surface area (Å²) in [7, 11) is 0. The van der Waals surface area contributed by atoms with E-state index in [1.165, 1.54) is 38.2 Å².